The van der Waals surface area contributed by atoms with Crippen LogP contribution in [0.2, 0.25) is 5.02 Å². The van der Waals surface area contributed by atoms with Gasteiger partial charge in [-0.2, -0.15) is 0 Å². The number of aliphatic carboxylic acids is 1. The maximum absolute atomic E-state index is 12.2. The molecule has 1 saturated heterocycles. The molecule has 3 rings (SSSR count). The maximum Gasteiger partial charge on any atom is 0.308 e. The Morgan fingerprint density at radius 1 is 1.35 bits per heavy atom. The van der Waals surface area contributed by atoms with Gasteiger partial charge in [0.2, 0.25) is 12.7 Å². The first-order valence-corrected chi connectivity index (χ1v) is 7.71. The molecular formula is C16H16ClNO5. The average Bonchev–Trinajstić information content (AvgIpc) is 3.02. The fourth-order valence-electron chi connectivity index (χ4n) is 2.74. The Labute approximate surface area is 138 Å². The molecule has 2 aliphatic heterocycles. The van der Waals surface area contributed by atoms with E-state index in [1.54, 1.807) is 23.1 Å². The number of nitrogens with zero attached hydrogens (tertiary/aromatic N) is 1. The normalized spacial score (nSPS) is 20.0. The summed E-state index contributed by atoms with van der Waals surface area (Å²) < 4.78 is 10.5. The molecule has 122 valence electrons. The molecule has 0 saturated carbocycles. The molecule has 2 heterocycles. The summed E-state index contributed by atoms with van der Waals surface area (Å²) in [6, 6.07) is 3.43. The number of halogens is 1. The first-order valence-electron chi connectivity index (χ1n) is 7.33. The number of piperidine rings is 1. The number of carboxylic acids is 1. The molecule has 7 heteroatoms. The van der Waals surface area contributed by atoms with Crippen molar-refractivity contribution in [2.45, 2.75) is 12.8 Å². The fourth-order valence-corrected chi connectivity index (χ4v) is 3.01. The van der Waals surface area contributed by atoms with E-state index in [1.807, 2.05) is 0 Å². The van der Waals surface area contributed by atoms with Gasteiger partial charge in [0.1, 0.15) is 0 Å². The second-order valence-corrected chi connectivity index (χ2v) is 5.94. The van der Waals surface area contributed by atoms with Gasteiger partial charge in [-0.3, -0.25) is 9.59 Å². The first kappa shape index (κ1) is 15.7. The van der Waals surface area contributed by atoms with Crippen molar-refractivity contribution in [2.24, 2.45) is 5.92 Å². The lowest BCUT2D eigenvalue weighted by molar-refractivity contribution is -0.144. The minimum atomic E-state index is -0.853. The van der Waals surface area contributed by atoms with Crippen molar-refractivity contribution in [1.82, 2.24) is 4.90 Å². The molecule has 1 unspecified atom stereocenters. The Bertz CT molecular complexity index is 673. The highest BCUT2D eigenvalue weighted by atomic mass is 35.5. The molecule has 2 aliphatic rings. The molecule has 1 aromatic rings. The monoisotopic (exact) mass is 337 g/mol. The third kappa shape index (κ3) is 3.42. The second kappa shape index (κ2) is 6.50. The third-order valence-electron chi connectivity index (χ3n) is 3.95. The summed E-state index contributed by atoms with van der Waals surface area (Å²) in [4.78, 5) is 24.8. The van der Waals surface area contributed by atoms with Gasteiger partial charge in [0.25, 0.3) is 0 Å². The smallest absolute Gasteiger partial charge is 0.308 e. The quantitative estimate of drug-likeness (QED) is 0.857. The summed E-state index contributed by atoms with van der Waals surface area (Å²) in [6.45, 7) is 0.959. The number of benzene rings is 1. The molecule has 0 aromatic heterocycles. The molecule has 1 atom stereocenters. The predicted molar refractivity (Wildman–Crippen MR) is 83.5 cm³/mol. The Hall–Kier alpha value is -2.21. The largest absolute Gasteiger partial charge is 0.481 e. The maximum atomic E-state index is 12.2. The molecule has 0 aliphatic carbocycles. The third-order valence-corrected chi connectivity index (χ3v) is 4.23. The van der Waals surface area contributed by atoms with E-state index >= 15 is 0 Å². The zero-order valence-corrected chi connectivity index (χ0v) is 13.1. The van der Waals surface area contributed by atoms with Gasteiger partial charge in [0.15, 0.2) is 11.5 Å². The van der Waals surface area contributed by atoms with Crippen LogP contribution in [0.3, 0.4) is 0 Å². The number of amides is 1. The van der Waals surface area contributed by atoms with Crippen LogP contribution >= 0.6 is 11.6 Å². The lowest BCUT2D eigenvalue weighted by atomic mass is 9.98. The van der Waals surface area contributed by atoms with Crippen LogP contribution in [0.1, 0.15) is 18.4 Å². The Kier molecular flexibility index (Phi) is 4.43. The lowest BCUT2D eigenvalue weighted by Gasteiger charge is -2.29. The number of ether oxygens (including phenoxy) is 2. The zero-order chi connectivity index (χ0) is 16.4. The van der Waals surface area contributed by atoms with Crippen molar-refractivity contribution in [1.29, 1.82) is 0 Å². The molecule has 23 heavy (non-hydrogen) atoms. The summed E-state index contributed by atoms with van der Waals surface area (Å²) in [6.07, 6.45) is 4.38. The number of carboxylic acid groups (broad SMARTS) is 1. The minimum absolute atomic E-state index is 0.130. The van der Waals surface area contributed by atoms with Gasteiger partial charge in [0.05, 0.1) is 10.9 Å². The highest BCUT2D eigenvalue weighted by Crippen LogP contribution is 2.40. The number of hydrogen-bond donors (Lipinski definition) is 1. The van der Waals surface area contributed by atoms with Gasteiger partial charge in [-0.25, -0.2) is 0 Å². The minimum Gasteiger partial charge on any atom is -0.481 e. The standard InChI is InChI=1S/C16H16ClNO5/c17-12-6-10(7-13-15(12)23-9-22-13)3-4-14(19)18-5-1-2-11(8-18)16(20)21/h3-4,6-7,11H,1-2,5,8-9H2,(H,20,21)/b4-3+. The van der Waals surface area contributed by atoms with Crippen LogP contribution < -0.4 is 9.47 Å². The molecule has 0 bridgehead atoms. The van der Waals surface area contributed by atoms with Crippen molar-refractivity contribution in [3.8, 4) is 11.5 Å². The van der Waals surface area contributed by atoms with E-state index in [4.69, 9.17) is 26.2 Å². The van der Waals surface area contributed by atoms with Crippen molar-refractivity contribution in [2.75, 3.05) is 19.9 Å². The van der Waals surface area contributed by atoms with Gasteiger partial charge in [-0.05, 0) is 36.6 Å². The summed E-state index contributed by atoms with van der Waals surface area (Å²) >= 11 is 6.09. The molecule has 6 nitrogen and oxygen atoms in total. The zero-order valence-electron chi connectivity index (χ0n) is 12.3. The lowest BCUT2D eigenvalue weighted by Crippen LogP contribution is -2.41. The van der Waals surface area contributed by atoms with Crippen LogP contribution in [0.5, 0.6) is 11.5 Å². The molecular weight excluding hydrogens is 322 g/mol. The van der Waals surface area contributed by atoms with Crippen molar-refractivity contribution >= 4 is 29.6 Å². The summed E-state index contributed by atoms with van der Waals surface area (Å²) in [7, 11) is 0. The van der Waals surface area contributed by atoms with E-state index in [2.05, 4.69) is 0 Å². The summed E-state index contributed by atoms with van der Waals surface area (Å²) in [5, 5.41) is 9.50. The summed E-state index contributed by atoms with van der Waals surface area (Å²) in [5.41, 5.74) is 0.722. The van der Waals surface area contributed by atoms with E-state index in [0.29, 0.717) is 35.9 Å². The topological polar surface area (TPSA) is 76.1 Å². The van der Waals surface area contributed by atoms with Crippen LogP contribution in [0, 0.1) is 5.92 Å². The molecule has 1 amide bonds. The number of hydrogen-bond acceptors (Lipinski definition) is 4. The molecule has 1 fully saturated rings. The molecule has 0 radical (unpaired) electrons. The number of carbonyl (C=O) groups is 2. The first-order chi connectivity index (χ1) is 11.0. The van der Waals surface area contributed by atoms with E-state index in [-0.39, 0.29) is 19.2 Å². The highest BCUT2D eigenvalue weighted by Gasteiger charge is 2.27. The van der Waals surface area contributed by atoms with Crippen LogP contribution in [0.25, 0.3) is 6.08 Å². The van der Waals surface area contributed by atoms with Crippen molar-refractivity contribution in [3.05, 3.63) is 28.8 Å². The van der Waals surface area contributed by atoms with Gasteiger partial charge < -0.3 is 19.5 Å². The van der Waals surface area contributed by atoms with Gasteiger partial charge in [-0.1, -0.05) is 11.6 Å². The molecule has 1 N–H and O–H groups in total. The number of fused-ring (bicyclic) bond motifs is 1. The van der Waals surface area contributed by atoms with E-state index in [1.165, 1.54) is 6.08 Å². The number of rotatable bonds is 3. The van der Waals surface area contributed by atoms with Gasteiger partial charge >= 0.3 is 5.97 Å². The SMILES string of the molecule is O=C(O)C1CCCN(C(=O)/C=C/c2cc(Cl)c3c(c2)OCO3)C1. The van der Waals surface area contributed by atoms with Gasteiger partial charge in [0, 0.05) is 19.2 Å². The number of carbonyl (C=O) groups excluding carboxylic acids is 1. The second-order valence-electron chi connectivity index (χ2n) is 5.53. The van der Waals surface area contributed by atoms with Crippen molar-refractivity contribution < 1.29 is 24.2 Å². The number of likely N-dealkylation sites (tertiary alicyclic amines) is 1. The van der Waals surface area contributed by atoms with Crippen LogP contribution in [-0.4, -0.2) is 41.8 Å². The Balaban J connectivity index is 1.69. The molecule has 1 aromatic carbocycles. The van der Waals surface area contributed by atoms with E-state index in [9.17, 15) is 9.59 Å². The average molecular weight is 338 g/mol. The highest BCUT2D eigenvalue weighted by molar-refractivity contribution is 6.32. The molecule has 0 spiro atoms. The van der Waals surface area contributed by atoms with Crippen LogP contribution in [0.15, 0.2) is 18.2 Å². The predicted octanol–water partition coefficient (Wildman–Crippen LogP) is 2.41. The van der Waals surface area contributed by atoms with Crippen molar-refractivity contribution in [3.63, 3.8) is 0 Å². The Morgan fingerprint density at radius 3 is 2.96 bits per heavy atom. The summed E-state index contributed by atoms with van der Waals surface area (Å²) in [5.74, 6) is -0.483. The van der Waals surface area contributed by atoms with Gasteiger partial charge in [-0.15, -0.1) is 0 Å². The van der Waals surface area contributed by atoms with Crippen LogP contribution in [0.4, 0.5) is 0 Å². The van der Waals surface area contributed by atoms with E-state index < -0.39 is 11.9 Å². The van der Waals surface area contributed by atoms with Crippen LogP contribution in [-0.2, 0) is 9.59 Å². The fraction of sp³-hybridized carbons (Fsp3) is 0.375. The van der Waals surface area contributed by atoms with E-state index in [0.717, 1.165) is 5.56 Å². The Morgan fingerprint density at radius 2 is 2.17 bits per heavy atom.